The molecule has 45 heavy (non-hydrogen) atoms. The van der Waals surface area contributed by atoms with Crippen molar-refractivity contribution >= 4 is 36.5 Å². The van der Waals surface area contributed by atoms with E-state index in [-0.39, 0.29) is 19.8 Å². The zero-order valence-corrected chi connectivity index (χ0v) is 26.2. The van der Waals surface area contributed by atoms with Crippen LogP contribution in [0.1, 0.15) is 90.4 Å². The largest absolute Gasteiger partial charge is 0.516 e. The Morgan fingerprint density at radius 2 is 0.889 bits per heavy atom. The average Bonchev–Trinajstić information content (AvgIpc) is 3.53. The van der Waals surface area contributed by atoms with Crippen LogP contribution < -0.4 is 14.7 Å². The molecular weight excluding hydrogens is 588 g/mol. The van der Waals surface area contributed by atoms with Gasteiger partial charge >= 0.3 is 18.3 Å². The summed E-state index contributed by atoms with van der Waals surface area (Å²) < 4.78 is 17.3. The molecule has 3 aliphatic rings. The summed E-state index contributed by atoms with van der Waals surface area (Å²) in [7, 11) is 0. The minimum Gasteiger partial charge on any atom is -0.419 e. The quantitative estimate of drug-likeness (QED) is 0.171. The third kappa shape index (κ3) is 10.8. The van der Waals surface area contributed by atoms with Crippen LogP contribution in [0, 0.1) is 5.41 Å². The first kappa shape index (κ1) is 35.9. The summed E-state index contributed by atoms with van der Waals surface area (Å²) in [6, 6.07) is 0. The molecule has 6 unspecified atom stereocenters. The molecule has 3 amide bonds. The Morgan fingerprint density at radius 3 is 1.16 bits per heavy atom. The van der Waals surface area contributed by atoms with Gasteiger partial charge in [0.15, 0.2) is 0 Å². The van der Waals surface area contributed by atoms with Crippen LogP contribution in [-0.4, -0.2) is 94.5 Å². The molecule has 0 aromatic rings. The smallest absolute Gasteiger partial charge is 0.419 e. The van der Waals surface area contributed by atoms with Crippen LogP contribution in [-0.2, 0) is 28.6 Å². The molecule has 0 aliphatic carbocycles. The number of quaternary nitrogens is 3. The first-order valence-electron chi connectivity index (χ1n) is 16.2. The number of hydrogen-bond acceptors (Lipinski definition) is 12. The maximum absolute atomic E-state index is 13.3. The van der Waals surface area contributed by atoms with E-state index in [2.05, 4.69) is 15.0 Å². The molecule has 3 N–H and O–H groups in total. The van der Waals surface area contributed by atoms with Gasteiger partial charge in [-0.3, -0.25) is 0 Å². The standard InChI is InChI=1S/C30H44N6O9/c1-2-30(18-43-27(40)34-15-9-3-6-12-24(34)31-21-37,19-44-28(41)35-16-10-4-7-13-25(35)32-22-38)20-45-29(42)36-17-11-5-8-14-26(36)33-23-39/h24-26H,2-20H2,1H3/p+3. The second-order valence-electron chi connectivity index (χ2n) is 12.2. The fourth-order valence-electron chi connectivity index (χ4n) is 6.21. The van der Waals surface area contributed by atoms with Crippen molar-refractivity contribution in [1.82, 2.24) is 0 Å². The van der Waals surface area contributed by atoms with Crippen molar-refractivity contribution in [3.05, 3.63) is 0 Å². The van der Waals surface area contributed by atoms with Gasteiger partial charge in [-0.25, -0.2) is 29.1 Å². The van der Waals surface area contributed by atoms with E-state index in [0.717, 1.165) is 57.8 Å². The van der Waals surface area contributed by atoms with E-state index in [1.165, 1.54) is 0 Å². The van der Waals surface area contributed by atoms with Crippen molar-refractivity contribution in [2.24, 2.45) is 20.4 Å². The van der Waals surface area contributed by atoms with Crippen molar-refractivity contribution in [2.45, 2.75) is 109 Å². The number of rotatable bonds is 10. The lowest BCUT2D eigenvalue weighted by Gasteiger charge is -2.32. The van der Waals surface area contributed by atoms with Crippen LogP contribution >= 0.6 is 0 Å². The van der Waals surface area contributed by atoms with Crippen LogP contribution in [0.3, 0.4) is 0 Å². The summed E-state index contributed by atoms with van der Waals surface area (Å²) in [5.41, 5.74) is -1.11. The number of nitrogens with zero attached hydrogens (tertiary/aromatic N) is 3. The molecule has 3 rings (SSSR count). The van der Waals surface area contributed by atoms with Gasteiger partial charge in [0, 0.05) is 19.3 Å². The maximum Gasteiger partial charge on any atom is 0.516 e. The first-order chi connectivity index (χ1) is 21.9. The number of hydrogen-bond donors (Lipinski definition) is 3. The summed E-state index contributed by atoms with van der Waals surface area (Å²) in [6.45, 7) is 2.41. The second kappa shape index (κ2) is 19.1. The van der Waals surface area contributed by atoms with Gasteiger partial charge in [-0.2, -0.15) is 14.4 Å². The Kier molecular flexibility index (Phi) is 15.2. The molecule has 0 aromatic carbocycles. The molecule has 0 spiro atoms. The lowest BCUT2D eigenvalue weighted by atomic mass is 9.88. The van der Waals surface area contributed by atoms with Crippen molar-refractivity contribution in [3.8, 4) is 0 Å². The summed E-state index contributed by atoms with van der Waals surface area (Å²) in [5.74, 6) is 0. The third-order valence-corrected chi connectivity index (χ3v) is 9.17. The molecule has 248 valence electrons. The summed E-state index contributed by atoms with van der Waals surface area (Å²) in [5, 5.41) is 0. The average molecular weight is 636 g/mol. The highest BCUT2D eigenvalue weighted by Gasteiger charge is 2.42. The number of likely N-dealkylation sites (tertiary alicyclic amines) is 3. The fourth-order valence-corrected chi connectivity index (χ4v) is 6.21. The highest BCUT2D eigenvalue weighted by Crippen LogP contribution is 2.24. The molecule has 15 nitrogen and oxygen atoms in total. The molecule has 3 aliphatic heterocycles. The number of carbonyl (C=O) groups is 3. The molecule has 0 aromatic heterocycles. The molecule has 0 saturated carbocycles. The SMILES string of the molecule is CCC(COC(=O)[NH+]1CCCCCC1N=C=O)(COC(=O)[NH+]1CCCCCC1N=C=O)COC(=O)[NH+]1CCCCCC1N=C=O. The molecule has 6 atom stereocenters. The van der Waals surface area contributed by atoms with Crippen LogP contribution in [0.2, 0.25) is 0 Å². The maximum atomic E-state index is 13.3. The number of isocyanates is 3. The van der Waals surface area contributed by atoms with Crippen molar-refractivity contribution in [3.63, 3.8) is 0 Å². The summed E-state index contributed by atoms with van der Waals surface area (Å²) in [6.07, 6.45) is 10.4. The molecule has 3 saturated heterocycles. The van der Waals surface area contributed by atoms with E-state index in [1.807, 2.05) is 6.92 Å². The fraction of sp³-hybridized carbons (Fsp3) is 0.800. The number of nitrogens with one attached hydrogen (secondary N) is 3. The van der Waals surface area contributed by atoms with E-state index in [0.29, 0.717) is 60.0 Å². The van der Waals surface area contributed by atoms with Crippen molar-refractivity contribution in [2.75, 3.05) is 39.5 Å². The Balaban J connectivity index is 1.79. The first-order valence-corrected chi connectivity index (χ1v) is 16.2. The molecule has 0 radical (unpaired) electrons. The van der Waals surface area contributed by atoms with E-state index < -0.39 is 42.2 Å². The monoisotopic (exact) mass is 635 g/mol. The second-order valence-corrected chi connectivity index (χ2v) is 12.2. The highest BCUT2D eigenvalue weighted by molar-refractivity contribution is 5.59. The molecule has 3 heterocycles. The van der Waals surface area contributed by atoms with Crippen molar-refractivity contribution in [1.29, 1.82) is 0 Å². The van der Waals surface area contributed by atoms with Crippen molar-refractivity contribution < 1.29 is 57.7 Å². The lowest BCUT2D eigenvalue weighted by Crippen LogP contribution is -3.18. The third-order valence-electron chi connectivity index (χ3n) is 9.17. The lowest BCUT2D eigenvalue weighted by molar-refractivity contribution is -0.850. The van der Waals surface area contributed by atoms with E-state index in [1.54, 1.807) is 18.2 Å². The van der Waals surface area contributed by atoms with Gasteiger partial charge in [0.1, 0.15) is 19.8 Å². The Bertz CT molecular complexity index is 1010. The zero-order valence-electron chi connectivity index (χ0n) is 26.2. The normalized spacial score (nSPS) is 28.5. The molecule has 0 bridgehead atoms. The van der Waals surface area contributed by atoms with Crippen LogP contribution in [0.4, 0.5) is 14.4 Å². The van der Waals surface area contributed by atoms with Crippen LogP contribution in [0.15, 0.2) is 15.0 Å². The minimum absolute atomic E-state index is 0.236. The predicted octanol–water partition coefficient (Wildman–Crippen LogP) is 0.155. The number of carbonyl (C=O) groups excluding carboxylic acids is 6. The molecular formula is C30H47N6O9+3. The highest BCUT2D eigenvalue weighted by atomic mass is 16.6. The van der Waals surface area contributed by atoms with Gasteiger partial charge < -0.3 is 14.2 Å². The van der Waals surface area contributed by atoms with Crippen LogP contribution in [0.25, 0.3) is 0 Å². The van der Waals surface area contributed by atoms with Gasteiger partial charge in [-0.05, 0) is 64.2 Å². The minimum atomic E-state index is -1.11. The molecule has 15 heteroatoms. The Hall–Kier alpha value is -3.57. The Labute approximate surface area is 263 Å². The number of ether oxygens (including phenoxy) is 3. The van der Waals surface area contributed by atoms with Crippen LogP contribution in [0.5, 0.6) is 0 Å². The van der Waals surface area contributed by atoms with Gasteiger partial charge in [0.2, 0.25) is 36.7 Å². The summed E-state index contributed by atoms with van der Waals surface area (Å²) in [4.78, 5) is 85.7. The number of amides is 3. The number of alkyl carbamates (subject to hydrolysis) is 6. The van der Waals surface area contributed by atoms with E-state index >= 15 is 0 Å². The predicted molar refractivity (Wildman–Crippen MR) is 155 cm³/mol. The van der Waals surface area contributed by atoms with Gasteiger partial charge in [0.25, 0.3) is 0 Å². The van der Waals surface area contributed by atoms with E-state index in [4.69, 9.17) is 14.2 Å². The molecule has 3 fully saturated rings. The van der Waals surface area contributed by atoms with Gasteiger partial charge in [-0.15, -0.1) is 15.0 Å². The Morgan fingerprint density at radius 1 is 0.578 bits per heavy atom. The number of aliphatic imine (C=N–C) groups is 3. The summed E-state index contributed by atoms with van der Waals surface area (Å²) >= 11 is 0. The van der Waals surface area contributed by atoms with E-state index in [9.17, 15) is 28.8 Å². The van der Waals surface area contributed by atoms with Gasteiger partial charge in [-0.1, -0.05) is 6.92 Å². The topological polar surface area (TPSA) is 181 Å². The zero-order chi connectivity index (χ0) is 32.5. The van der Waals surface area contributed by atoms with Gasteiger partial charge in [0.05, 0.1) is 25.0 Å².